The van der Waals surface area contributed by atoms with Crippen molar-refractivity contribution in [2.45, 2.75) is 124 Å². The Morgan fingerprint density at radius 1 is 1.09 bits per heavy atom. The summed E-state index contributed by atoms with van der Waals surface area (Å²) >= 11 is 0. The van der Waals surface area contributed by atoms with Crippen LogP contribution in [0, 0.1) is 58.7 Å². The second kappa shape index (κ2) is 10.5. The predicted octanol–water partition coefficient (Wildman–Crippen LogP) is 8.57. The molecule has 0 N–H and O–H groups in total. The monoisotopic (exact) mass is 482 g/mol. The summed E-state index contributed by atoms with van der Waals surface area (Å²) < 4.78 is 10.8. The van der Waals surface area contributed by atoms with E-state index in [0.717, 1.165) is 54.8 Å². The Hall–Kier alpha value is -1.43. The third-order valence-corrected chi connectivity index (χ3v) is 11.0. The molecule has 4 aliphatic rings. The summed E-state index contributed by atoms with van der Waals surface area (Å²) in [5.74, 6) is 7.50. The van der Waals surface area contributed by atoms with Crippen LogP contribution < -0.4 is 0 Å². The SMILES string of the molecule is C#C[C@H](C)OC(=O)O[C@H]1CC[C@@]2(C)C(=CC[C@H]3[C@@H]4CC[C@H]([C@H](C)CCCC(C)C)[C@@]4(C)CC[C@@H]32)C1. The molecule has 3 nitrogen and oxygen atoms in total. The molecule has 3 heteroatoms. The summed E-state index contributed by atoms with van der Waals surface area (Å²) in [6.07, 6.45) is 20.6. The van der Waals surface area contributed by atoms with Gasteiger partial charge < -0.3 is 9.47 Å². The van der Waals surface area contributed by atoms with E-state index in [9.17, 15) is 4.79 Å². The Kier molecular flexibility index (Phi) is 8.00. The summed E-state index contributed by atoms with van der Waals surface area (Å²) in [5, 5.41) is 0. The van der Waals surface area contributed by atoms with Crippen LogP contribution in [0.4, 0.5) is 4.79 Å². The van der Waals surface area contributed by atoms with Gasteiger partial charge in [-0.05, 0) is 98.2 Å². The number of allylic oxidation sites excluding steroid dienone is 1. The highest BCUT2D eigenvalue weighted by molar-refractivity contribution is 5.60. The van der Waals surface area contributed by atoms with E-state index < -0.39 is 12.3 Å². The second-order valence-electron chi connectivity index (χ2n) is 13.4. The van der Waals surface area contributed by atoms with Crippen molar-refractivity contribution in [3.63, 3.8) is 0 Å². The zero-order valence-corrected chi connectivity index (χ0v) is 23.3. The Balaban J connectivity index is 1.41. The minimum Gasteiger partial charge on any atom is -0.431 e. The number of carbonyl (C=O) groups is 1. The zero-order chi connectivity index (χ0) is 25.4. The van der Waals surface area contributed by atoms with E-state index in [2.05, 4.69) is 46.6 Å². The third kappa shape index (κ3) is 5.19. The molecule has 35 heavy (non-hydrogen) atoms. The van der Waals surface area contributed by atoms with Crippen molar-refractivity contribution >= 4 is 6.16 Å². The van der Waals surface area contributed by atoms with Gasteiger partial charge in [0, 0.05) is 6.42 Å². The number of hydrogen-bond acceptors (Lipinski definition) is 3. The van der Waals surface area contributed by atoms with Crippen molar-refractivity contribution in [1.82, 2.24) is 0 Å². The van der Waals surface area contributed by atoms with E-state index in [1.165, 1.54) is 56.9 Å². The van der Waals surface area contributed by atoms with E-state index in [0.29, 0.717) is 5.41 Å². The first-order valence-electron chi connectivity index (χ1n) is 14.6. The number of terminal acetylenes is 1. The molecular formula is C32H50O3. The first-order chi connectivity index (χ1) is 16.6. The van der Waals surface area contributed by atoms with Gasteiger partial charge in [0.15, 0.2) is 6.10 Å². The van der Waals surface area contributed by atoms with Crippen molar-refractivity contribution in [2.24, 2.45) is 46.3 Å². The maximum atomic E-state index is 12.1. The van der Waals surface area contributed by atoms with Crippen LogP contribution in [0.15, 0.2) is 11.6 Å². The van der Waals surface area contributed by atoms with Crippen LogP contribution >= 0.6 is 0 Å². The fraction of sp³-hybridized carbons (Fsp3) is 0.844. The predicted molar refractivity (Wildman–Crippen MR) is 143 cm³/mol. The lowest BCUT2D eigenvalue weighted by Crippen LogP contribution is -2.51. The summed E-state index contributed by atoms with van der Waals surface area (Å²) in [6.45, 7) is 14.2. The Morgan fingerprint density at radius 3 is 2.57 bits per heavy atom. The largest absolute Gasteiger partial charge is 0.509 e. The first-order valence-corrected chi connectivity index (χ1v) is 14.6. The summed E-state index contributed by atoms with van der Waals surface area (Å²) in [4.78, 5) is 12.1. The van der Waals surface area contributed by atoms with E-state index in [4.69, 9.17) is 15.9 Å². The van der Waals surface area contributed by atoms with Crippen LogP contribution in [0.1, 0.15) is 112 Å². The van der Waals surface area contributed by atoms with Gasteiger partial charge in [-0.3, -0.25) is 0 Å². The quantitative estimate of drug-likeness (QED) is 0.207. The molecule has 4 aliphatic carbocycles. The molecule has 0 unspecified atom stereocenters. The van der Waals surface area contributed by atoms with E-state index in [-0.39, 0.29) is 11.5 Å². The highest BCUT2D eigenvalue weighted by atomic mass is 16.7. The average Bonchev–Trinajstić information content (AvgIpc) is 3.16. The molecule has 0 aromatic heterocycles. The molecule has 3 saturated carbocycles. The average molecular weight is 483 g/mol. The van der Waals surface area contributed by atoms with Gasteiger partial charge in [-0.2, -0.15) is 0 Å². The Bertz CT molecular complexity index is 836. The van der Waals surface area contributed by atoms with Crippen LogP contribution in [0.25, 0.3) is 0 Å². The van der Waals surface area contributed by atoms with E-state index >= 15 is 0 Å². The number of carbonyl (C=O) groups excluding carboxylic acids is 1. The van der Waals surface area contributed by atoms with Crippen molar-refractivity contribution in [1.29, 1.82) is 0 Å². The molecule has 4 rings (SSSR count). The number of fused-ring (bicyclic) bond motifs is 5. The highest BCUT2D eigenvalue weighted by Gasteiger charge is 2.59. The van der Waals surface area contributed by atoms with Gasteiger partial charge in [-0.15, -0.1) is 6.42 Å². The Labute approximate surface area is 215 Å². The molecule has 0 heterocycles. The van der Waals surface area contributed by atoms with Crippen molar-refractivity contribution in [3.8, 4) is 12.3 Å². The molecule has 0 spiro atoms. The molecule has 0 radical (unpaired) electrons. The smallest absolute Gasteiger partial charge is 0.431 e. The van der Waals surface area contributed by atoms with Gasteiger partial charge in [0.05, 0.1) is 0 Å². The van der Waals surface area contributed by atoms with Crippen LogP contribution in [0.5, 0.6) is 0 Å². The maximum Gasteiger partial charge on any atom is 0.509 e. The van der Waals surface area contributed by atoms with Gasteiger partial charge >= 0.3 is 6.16 Å². The third-order valence-electron chi connectivity index (χ3n) is 11.0. The van der Waals surface area contributed by atoms with Gasteiger partial charge in [-0.1, -0.05) is 71.5 Å². The first kappa shape index (κ1) is 26.6. The van der Waals surface area contributed by atoms with Crippen LogP contribution in [0.2, 0.25) is 0 Å². The van der Waals surface area contributed by atoms with Crippen LogP contribution in [-0.4, -0.2) is 18.4 Å². The number of hydrogen-bond donors (Lipinski definition) is 0. The zero-order valence-electron chi connectivity index (χ0n) is 23.3. The minimum absolute atomic E-state index is 0.0836. The maximum absolute atomic E-state index is 12.1. The lowest BCUT2D eigenvalue weighted by molar-refractivity contribution is -0.0623. The summed E-state index contributed by atoms with van der Waals surface area (Å²) in [7, 11) is 0. The van der Waals surface area contributed by atoms with Crippen molar-refractivity contribution in [2.75, 3.05) is 0 Å². The molecule has 3 fully saturated rings. The van der Waals surface area contributed by atoms with Crippen LogP contribution in [0.3, 0.4) is 0 Å². The van der Waals surface area contributed by atoms with Gasteiger partial charge in [0.1, 0.15) is 6.10 Å². The highest BCUT2D eigenvalue weighted by Crippen LogP contribution is 2.67. The molecule has 0 aromatic carbocycles. The molecule has 0 aliphatic heterocycles. The number of rotatable bonds is 7. The van der Waals surface area contributed by atoms with Crippen molar-refractivity contribution < 1.29 is 14.3 Å². The second-order valence-corrected chi connectivity index (χ2v) is 13.4. The van der Waals surface area contributed by atoms with E-state index in [1.807, 2.05) is 0 Å². The fourth-order valence-corrected chi connectivity index (χ4v) is 9.09. The molecule has 0 amide bonds. The summed E-state index contributed by atoms with van der Waals surface area (Å²) in [5.41, 5.74) is 2.33. The normalized spacial score (nSPS) is 39.9. The molecule has 9 atom stereocenters. The molecule has 196 valence electrons. The topological polar surface area (TPSA) is 35.5 Å². The minimum atomic E-state index is -0.619. The Morgan fingerprint density at radius 2 is 1.86 bits per heavy atom. The lowest BCUT2D eigenvalue weighted by atomic mass is 9.47. The van der Waals surface area contributed by atoms with Crippen molar-refractivity contribution in [3.05, 3.63) is 11.6 Å². The molecule has 0 bridgehead atoms. The molecule has 0 saturated heterocycles. The van der Waals surface area contributed by atoms with Gasteiger partial charge in [0.25, 0.3) is 0 Å². The van der Waals surface area contributed by atoms with Gasteiger partial charge in [0.2, 0.25) is 0 Å². The summed E-state index contributed by atoms with van der Waals surface area (Å²) in [6, 6.07) is 0. The van der Waals surface area contributed by atoms with Gasteiger partial charge in [-0.25, -0.2) is 4.79 Å². The lowest BCUT2D eigenvalue weighted by Gasteiger charge is -2.58. The van der Waals surface area contributed by atoms with Crippen LogP contribution in [-0.2, 0) is 9.47 Å². The molecule has 0 aromatic rings. The molecular weight excluding hydrogens is 432 g/mol. The number of ether oxygens (including phenoxy) is 2. The standard InChI is InChI=1S/C32H50O3/c1-8-23(5)34-30(33)35-25-16-18-31(6)24(20-25)12-13-26-28-15-14-27(22(4)11-9-10-21(2)3)32(28,7)19-17-29(26)31/h1,12,21-23,25-29H,9-11,13-20H2,2-7H3/t22-,23+,25+,26+,27-,28+,29+,31+,32-/m1/s1. The van der Waals surface area contributed by atoms with E-state index in [1.54, 1.807) is 6.92 Å². The fourth-order valence-electron chi connectivity index (χ4n) is 9.09.